The maximum atomic E-state index is 13.4. The highest BCUT2D eigenvalue weighted by molar-refractivity contribution is 7.86. The molecule has 1 aliphatic carbocycles. The lowest BCUT2D eigenvalue weighted by atomic mass is 9.82. The molecule has 32 heavy (non-hydrogen) atoms. The molecule has 0 amide bonds. The second-order valence-corrected chi connectivity index (χ2v) is 8.32. The molecule has 0 atom stereocenters. The maximum absolute atomic E-state index is 13.4. The first-order valence-electron chi connectivity index (χ1n) is 8.97. The number of rotatable bonds is 3. The molecule has 0 bridgehead atoms. The first-order chi connectivity index (χ1) is 14.9. The summed E-state index contributed by atoms with van der Waals surface area (Å²) in [5, 5.41) is 2.40. The smallest absolute Gasteiger partial charge is 0.397 e. The zero-order valence-electron chi connectivity index (χ0n) is 15.9. The Balaban J connectivity index is 2.03. The van der Waals surface area contributed by atoms with Crippen molar-refractivity contribution in [2.75, 3.05) is 11.1 Å². The van der Waals surface area contributed by atoms with Gasteiger partial charge in [0.2, 0.25) is 0 Å². The normalized spacial score (nSPS) is 13.5. The van der Waals surface area contributed by atoms with Crippen molar-refractivity contribution in [1.29, 1.82) is 0 Å². The Morgan fingerprint density at radius 1 is 0.844 bits per heavy atom. The van der Waals surface area contributed by atoms with Crippen molar-refractivity contribution < 1.29 is 35.7 Å². The molecular formula is C21H13F3N2O5S. The van der Waals surface area contributed by atoms with Crippen LogP contribution < -0.4 is 11.1 Å². The third-order valence-corrected chi connectivity index (χ3v) is 5.87. The van der Waals surface area contributed by atoms with Crippen molar-refractivity contribution in [1.82, 2.24) is 0 Å². The van der Waals surface area contributed by atoms with E-state index in [1.54, 1.807) is 0 Å². The van der Waals surface area contributed by atoms with Gasteiger partial charge in [-0.3, -0.25) is 14.1 Å². The topological polar surface area (TPSA) is 127 Å². The lowest BCUT2D eigenvalue weighted by Gasteiger charge is -2.24. The predicted octanol–water partition coefficient (Wildman–Crippen LogP) is 4.05. The number of carbonyl (C=O) groups is 2. The van der Waals surface area contributed by atoms with Gasteiger partial charge in [-0.15, -0.1) is 0 Å². The standard InChI is InChI=1S/C21H13F3N2O5S/c22-21(23,24)12-7-3-4-8-13(12)26-14-9-15(32(29,30)31)18(25)17-16(14)19(27)10-5-1-2-6-11(10)20(17)28/h1-9,26H,25H2,(H,29,30,31). The van der Waals surface area contributed by atoms with Gasteiger partial charge in [0.25, 0.3) is 10.1 Å². The number of benzene rings is 3. The highest BCUT2D eigenvalue weighted by Gasteiger charge is 2.38. The first kappa shape index (κ1) is 21.5. The summed E-state index contributed by atoms with van der Waals surface area (Å²) in [7, 11) is -4.99. The Morgan fingerprint density at radius 3 is 1.94 bits per heavy atom. The summed E-state index contributed by atoms with van der Waals surface area (Å²) < 4.78 is 73.7. The molecule has 0 aromatic heterocycles. The van der Waals surface area contributed by atoms with Crippen LogP contribution in [0, 0.1) is 0 Å². The van der Waals surface area contributed by atoms with E-state index < -0.39 is 66.5 Å². The summed E-state index contributed by atoms with van der Waals surface area (Å²) in [6.07, 6.45) is -4.77. The lowest BCUT2D eigenvalue weighted by molar-refractivity contribution is -0.136. The zero-order chi connectivity index (χ0) is 23.4. The van der Waals surface area contributed by atoms with Crippen molar-refractivity contribution in [2.45, 2.75) is 11.1 Å². The van der Waals surface area contributed by atoms with Gasteiger partial charge in [-0.25, -0.2) is 0 Å². The summed E-state index contributed by atoms with van der Waals surface area (Å²) in [6.45, 7) is 0. The van der Waals surface area contributed by atoms with E-state index in [9.17, 15) is 35.7 Å². The third kappa shape index (κ3) is 3.41. The fourth-order valence-electron chi connectivity index (χ4n) is 3.59. The van der Waals surface area contributed by atoms with Crippen molar-refractivity contribution in [3.05, 3.63) is 82.4 Å². The van der Waals surface area contributed by atoms with Crippen LogP contribution in [-0.2, 0) is 16.3 Å². The number of nitrogens with two attached hydrogens (primary N) is 1. The molecule has 4 rings (SSSR count). The Labute approximate surface area is 179 Å². The van der Waals surface area contributed by atoms with Crippen LogP contribution >= 0.6 is 0 Å². The van der Waals surface area contributed by atoms with Gasteiger partial charge in [0, 0.05) is 11.1 Å². The molecule has 0 aliphatic heterocycles. The predicted molar refractivity (Wildman–Crippen MR) is 109 cm³/mol. The van der Waals surface area contributed by atoms with E-state index in [0.717, 1.165) is 24.3 Å². The van der Waals surface area contributed by atoms with Gasteiger partial charge in [-0.1, -0.05) is 36.4 Å². The first-order valence-corrected chi connectivity index (χ1v) is 10.4. The number of alkyl halides is 3. The number of ketones is 2. The van der Waals surface area contributed by atoms with Gasteiger partial charge < -0.3 is 11.1 Å². The fourth-order valence-corrected chi connectivity index (χ4v) is 4.24. The van der Waals surface area contributed by atoms with E-state index in [1.165, 1.54) is 30.3 Å². The van der Waals surface area contributed by atoms with Crippen LogP contribution in [-0.4, -0.2) is 24.5 Å². The summed E-state index contributed by atoms with van der Waals surface area (Å²) >= 11 is 0. The average Bonchev–Trinajstić information content (AvgIpc) is 2.71. The molecule has 3 aromatic carbocycles. The highest BCUT2D eigenvalue weighted by atomic mass is 32.2. The van der Waals surface area contributed by atoms with E-state index in [1.807, 2.05) is 0 Å². The van der Waals surface area contributed by atoms with Crippen molar-refractivity contribution in [3.63, 3.8) is 0 Å². The molecule has 0 spiro atoms. The van der Waals surface area contributed by atoms with Crippen LogP contribution in [0.2, 0.25) is 0 Å². The number of halogens is 3. The second-order valence-electron chi connectivity index (χ2n) is 6.93. The van der Waals surface area contributed by atoms with Crippen LogP contribution in [0.5, 0.6) is 0 Å². The largest absolute Gasteiger partial charge is 0.418 e. The number of hydrogen-bond acceptors (Lipinski definition) is 6. The van der Waals surface area contributed by atoms with E-state index in [-0.39, 0.29) is 11.1 Å². The van der Waals surface area contributed by atoms with Crippen LogP contribution in [0.25, 0.3) is 0 Å². The van der Waals surface area contributed by atoms with Gasteiger partial charge in [0.15, 0.2) is 11.6 Å². The third-order valence-electron chi connectivity index (χ3n) is 4.98. The summed E-state index contributed by atoms with van der Waals surface area (Å²) in [5.74, 6) is -1.54. The zero-order valence-corrected chi connectivity index (χ0v) is 16.7. The molecule has 0 unspecified atom stereocenters. The number of para-hydroxylation sites is 1. The molecule has 1 aliphatic rings. The molecule has 4 N–H and O–H groups in total. The van der Waals surface area contributed by atoms with Crippen LogP contribution in [0.15, 0.2) is 59.5 Å². The lowest BCUT2D eigenvalue weighted by Crippen LogP contribution is -2.25. The average molecular weight is 462 g/mol. The van der Waals surface area contributed by atoms with Crippen LogP contribution in [0.1, 0.15) is 37.4 Å². The van der Waals surface area contributed by atoms with Gasteiger partial charge in [0.1, 0.15) is 4.90 Å². The molecule has 0 heterocycles. The van der Waals surface area contributed by atoms with E-state index in [2.05, 4.69) is 5.32 Å². The minimum atomic E-state index is -4.99. The maximum Gasteiger partial charge on any atom is 0.418 e. The molecule has 3 aromatic rings. The van der Waals surface area contributed by atoms with Gasteiger partial charge in [-0.2, -0.15) is 21.6 Å². The van der Waals surface area contributed by atoms with Gasteiger partial charge >= 0.3 is 6.18 Å². The summed E-state index contributed by atoms with van der Waals surface area (Å²) in [4.78, 5) is 25.3. The Bertz CT molecular complexity index is 1420. The molecular weight excluding hydrogens is 449 g/mol. The highest BCUT2D eigenvalue weighted by Crippen LogP contribution is 2.42. The molecule has 11 heteroatoms. The quantitative estimate of drug-likeness (QED) is 0.310. The van der Waals surface area contributed by atoms with Crippen LogP contribution in [0.3, 0.4) is 0 Å². The fraction of sp³-hybridized carbons (Fsp3) is 0.0476. The Morgan fingerprint density at radius 2 is 1.38 bits per heavy atom. The summed E-state index contributed by atoms with van der Waals surface area (Å²) in [6, 6.07) is 10.7. The van der Waals surface area contributed by atoms with Gasteiger partial charge in [0.05, 0.1) is 33.8 Å². The van der Waals surface area contributed by atoms with Crippen molar-refractivity contribution >= 4 is 38.7 Å². The monoisotopic (exact) mass is 462 g/mol. The molecule has 0 saturated carbocycles. The molecule has 0 radical (unpaired) electrons. The van der Waals surface area contributed by atoms with Crippen molar-refractivity contribution in [3.8, 4) is 0 Å². The number of carbonyl (C=O) groups excluding carboxylic acids is 2. The van der Waals surface area contributed by atoms with E-state index >= 15 is 0 Å². The number of nitrogens with one attached hydrogen (secondary N) is 1. The van der Waals surface area contributed by atoms with Crippen LogP contribution in [0.4, 0.5) is 30.2 Å². The molecule has 164 valence electrons. The van der Waals surface area contributed by atoms with Crippen molar-refractivity contribution in [2.24, 2.45) is 0 Å². The molecule has 0 saturated heterocycles. The Hall–Kier alpha value is -3.70. The second kappa shape index (κ2) is 7.18. The summed E-state index contributed by atoms with van der Waals surface area (Å²) in [5.41, 5.74) is 2.18. The number of anilines is 3. The number of hydrogen-bond donors (Lipinski definition) is 3. The minimum Gasteiger partial charge on any atom is -0.397 e. The van der Waals surface area contributed by atoms with E-state index in [4.69, 9.17) is 5.73 Å². The minimum absolute atomic E-state index is 0.0174. The Kier molecular flexibility index (Phi) is 4.83. The van der Waals surface area contributed by atoms with Gasteiger partial charge in [-0.05, 0) is 18.2 Å². The molecule has 0 fully saturated rings. The number of fused-ring (bicyclic) bond motifs is 2. The molecule has 7 nitrogen and oxygen atoms in total. The van der Waals surface area contributed by atoms with E-state index in [0.29, 0.717) is 0 Å². The SMILES string of the molecule is Nc1c(S(=O)(=O)O)cc(Nc2ccccc2C(F)(F)F)c2c1C(=O)c1ccccc1C2=O. The number of nitrogen functional groups attached to an aromatic ring is 1.